The Hall–Kier alpha value is -3.66. The van der Waals surface area contributed by atoms with E-state index in [9.17, 15) is 9.59 Å². The van der Waals surface area contributed by atoms with Gasteiger partial charge in [0.15, 0.2) is 5.82 Å². The maximum atomic E-state index is 12.6. The molecule has 0 saturated heterocycles. The Morgan fingerprint density at radius 3 is 2.62 bits per heavy atom. The first-order valence-corrected chi connectivity index (χ1v) is 9.49. The van der Waals surface area contributed by atoms with Gasteiger partial charge in [-0.25, -0.2) is 9.61 Å². The SMILES string of the molecule is COc1cc(NC(=O)Cc2n[nH]c(=O)c3cc(-c4cccs4)nn23)cc(OC)c1. The van der Waals surface area contributed by atoms with Crippen LogP contribution >= 0.6 is 11.3 Å². The number of rotatable bonds is 6. The average molecular weight is 411 g/mol. The van der Waals surface area contributed by atoms with E-state index in [4.69, 9.17) is 9.47 Å². The van der Waals surface area contributed by atoms with Crippen molar-refractivity contribution in [1.82, 2.24) is 19.8 Å². The minimum atomic E-state index is -0.373. The van der Waals surface area contributed by atoms with Gasteiger partial charge < -0.3 is 14.8 Å². The van der Waals surface area contributed by atoms with Crippen LogP contribution in [0.15, 0.2) is 46.6 Å². The van der Waals surface area contributed by atoms with Crippen LogP contribution in [0.1, 0.15) is 5.82 Å². The standard InChI is InChI=1S/C19H17N5O4S/c1-27-12-6-11(7-13(8-12)28-2)20-18(25)10-17-21-22-19(26)15-9-14(23-24(15)17)16-4-3-5-29-16/h3-9H,10H2,1-2H3,(H,20,25)(H,22,26). The van der Waals surface area contributed by atoms with Crippen molar-refractivity contribution in [3.8, 4) is 22.1 Å². The number of thiophene rings is 1. The minimum Gasteiger partial charge on any atom is -0.497 e. The molecular weight excluding hydrogens is 394 g/mol. The molecule has 4 rings (SSSR count). The molecule has 0 aliphatic heterocycles. The Balaban J connectivity index is 1.62. The number of carbonyl (C=O) groups excluding carboxylic acids is 1. The molecule has 1 aromatic carbocycles. The number of hydrogen-bond donors (Lipinski definition) is 2. The highest BCUT2D eigenvalue weighted by atomic mass is 32.1. The number of methoxy groups -OCH3 is 2. The molecule has 9 nitrogen and oxygen atoms in total. The topological polar surface area (TPSA) is 111 Å². The van der Waals surface area contributed by atoms with Gasteiger partial charge in [-0.2, -0.15) is 10.2 Å². The maximum absolute atomic E-state index is 12.6. The summed E-state index contributed by atoms with van der Waals surface area (Å²) in [6.45, 7) is 0. The molecule has 0 saturated carbocycles. The van der Waals surface area contributed by atoms with Crippen molar-refractivity contribution in [2.75, 3.05) is 19.5 Å². The molecule has 0 radical (unpaired) electrons. The first kappa shape index (κ1) is 18.7. The van der Waals surface area contributed by atoms with Gasteiger partial charge in [-0.1, -0.05) is 6.07 Å². The quantitative estimate of drug-likeness (QED) is 0.504. The zero-order chi connectivity index (χ0) is 20.4. The minimum absolute atomic E-state index is 0.0850. The van der Waals surface area contributed by atoms with Gasteiger partial charge in [0.1, 0.15) is 22.7 Å². The van der Waals surface area contributed by atoms with Crippen LogP contribution in [0.3, 0.4) is 0 Å². The molecule has 148 valence electrons. The smallest absolute Gasteiger partial charge is 0.290 e. The van der Waals surface area contributed by atoms with E-state index < -0.39 is 0 Å². The fourth-order valence-corrected chi connectivity index (χ4v) is 3.53. The van der Waals surface area contributed by atoms with Crippen molar-refractivity contribution >= 4 is 28.4 Å². The third kappa shape index (κ3) is 3.83. The molecule has 3 aromatic heterocycles. The third-order valence-corrected chi connectivity index (χ3v) is 5.09. The van der Waals surface area contributed by atoms with Crippen LogP contribution in [-0.4, -0.2) is 39.9 Å². The molecule has 0 aliphatic rings. The maximum Gasteiger partial charge on any atom is 0.290 e. The fraction of sp³-hybridized carbons (Fsp3) is 0.158. The number of carbonyl (C=O) groups is 1. The van der Waals surface area contributed by atoms with E-state index >= 15 is 0 Å². The molecule has 0 unspecified atom stereocenters. The fourth-order valence-electron chi connectivity index (χ4n) is 2.85. The highest BCUT2D eigenvalue weighted by Gasteiger charge is 2.15. The molecule has 0 atom stereocenters. The molecule has 29 heavy (non-hydrogen) atoms. The highest BCUT2D eigenvalue weighted by molar-refractivity contribution is 7.13. The second-order valence-electron chi connectivity index (χ2n) is 6.10. The van der Waals surface area contributed by atoms with E-state index in [1.54, 1.807) is 24.3 Å². The number of H-pyrrole nitrogens is 1. The summed E-state index contributed by atoms with van der Waals surface area (Å²) in [5.41, 5.74) is 1.13. The van der Waals surface area contributed by atoms with E-state index in [1.807, 2.05) is 17.5 Å². The molecule has 4 aromatic rings. The summed E-state index contributed by atoms with van der Waals surface area (Å²) in [6.07, 6.45) is -0.0850. The summed E-state index contributed by atoms with van der Waals surface area (Å²) in [5, 5.41) is 15.6. The number of benzene rings is 1. The number of nitrogens with one attached hydrogen (secondary N) is 2. The van der Waals surface area contributed by atoms with Crippen LogP contribution in [0, 0.1) is 0 Å². The van der Waals surface area contributed by atoms with E-state index in [-0.39, 0.29) is 17.9 Å². The van der Waals surface area contributed by atoms with Crippen molar-refractivity contribution < 1.29 is 14.3 Å². The van der Waals surface area contributed by atoms with Crippen molar-refractivity contribution in [2.45, 2.75) is 6.42 Å². The number of hydrogen-bond acceptors (Lipinski definition) is 7. The average Bonchev–Trinajstić information content (AvgIpc) is 3.39. The number of nitrogens with zero attached hydrogens (tertiary/aromatic N) is 3. The summed E-state index contributed by atoms with van der Waals surface area (Å²) >= 11 is 1.51. The van der Waals surface area contributed by atoms with Crippen molar-refractivity contribution in [3.05, 3.63) is 58.0 Å². The Labute approximate surface area is 168 Å². The Bertz CT molecular complexity index is 1210. The van der Waals surface area contributed by atoms with Gasteiger partial charge in [0, 0.05) is 23.9 Å². The highest BCUT2D eigenvalue weighted by Crippen LogP contribution is 2.26. The molecule has 0 fully saturated rings. The number of aromatic amines is 1. The molecule has 2 N–H and O–H groups in total. The van der Waals surface area contributed by atoms with Crippen LogP contribution in [0.5, 0.6) is 11.5 Å². The predicted octanol–water partition coefficient (Wildman–Crippen LogP) is 2.34. The van der Waals surface area contributed by atoms with Gasteiger partial charge >= 0.3 is 0 Å². The summed E-state index contributed by atoms with van der Waals surface area (Å²) in [6, 6.07) is 10.6. The molecule has 0 bridgehead atoms. The van der Waals surface area contributed by atoms with Crippen LogP contribution in [0.4, 0.5) is 5.69 Å². The number of anilines is 1. The Morgan fingerprint density at radius 1 is 1.21 bits per heavy atom. The Kier molecular flexibility index (Phi) is 5.00. The van der Waals surface area contributed by atoms with E-state index in [0.717, 1.165) is 4.88 Å². The van der Waals surface area contributed by atoms with Gasteiger partial charge in [0.05, 0.1) is 25.5 Å². The van der Waals surface area contributed by atoms with Crippen LogP contribution < -0.4 is 20.3 Å². The van der Waals surface area contributed by atoms with Crippen LogP contribution in [0.25, 0.3) is 16.1 Å². The lowest BCUT2D eigenvalue weighted by atomic mass is 10.2. The predicted molar refractivity (Wildman–Crippen MR) is 109 cm³/mol. The first-order valence-electron chi connectivity index (χ1n) is 8.61. The van der Waals surface area contributed by atoms with E-state index in [0.29, 0.717) is 34.2 Å². The lowest BCUT2D eigenvalue weighted by Gasteiger charge is -2.10. The first-order chi connectivity index (χ1) is 14.1. The number of amides is 1. The van der Waals surface area contributed by atoms with E-state index in [1.165, 1.54) is 30.1 Å². The number of ether oxygens (including phenoxy) is 2. The molecular formula is C19H17N5O4S. The zero-order valence-corrected chi connectivity index (χ0v) is 16.4. The second kappa shape index (κ2) is 7.76. The van der Waals surface area contributed by atoms with E-state index in [2.05, 4.69) is 20.6 Å². The van der Waals surface area contributed by atoms with Gasteiger partial charge in [-0.15, -0.1) is 11.3 Å². The number of aromatic nitrogens is 4. The van der Waals surface area contributed by atoms with Crippen molar-refractivity contribution in [2.24, 2.45) is 0 Å². The molecule has 0 spiro atoms. The molecule has 1 amide bonds. The van der Waals surface area contributed by atoms with Gasteiger partial charge in [0.25, 0.3) is 5.56 Å². The third-order valence-electron chi connectivity index (χ3n) is 4.20. The molecule has 3 heterocycles. The normalized spacial score (nSPS) is 10.8. The van der Waals surface area contributed by atoms with Crippen LogP contribution in [0.2, 0.25) is 0 Å². The lowest BCUT2D eigenvalue weighted by molar-refractivity contribution is -0.115. The molecule has 10 heteroatoms. The largest absolute Gasteiger partial charge is 0.497 e. The Morgan fingerprint density at radius 2 is 1.97 bits per heavy atom. The van der Waals surface area contributed by atoms with Gasteiger partial charge in [-0.3, -0.25) is 9.59 Å². The molecule has 0 aliphatic carbocycles. The second-order valence-corrected chi connectivity index (χ2v) is 7.05. The van der Waals surface area contributed by atoms with Crippen molar-refractivity contribution in [3.63, 3.8) is 0 Å². The monoisotopic (exact) mass is 411 g/mol. The number of fused-ring (bicyclic) bond motifs is 1. The lowest BCUT2D eigenvalue weighted by Crippen LogP contribution is -2.22. The van der Waals surface area contributed by atoms with Crippen molar-refractivity contribution in [1.29, 1.82) is 0 Å². The van der Waals surface area contributed by atoms with Gasteiger partial charge in [-0.05, 0) is 17.5 Å². The zero-order valence-electron chi connectivity index (χ0n) is 15.6. The summed E-state index contributed by atoms with van der Waals surface area (Å²) < 4.78 is 11.8. The summed E-state index contributed by atoms with van der Waals surface area (Å²) in [5.74, 6) is 1.10. The summed E-state index contributed by atoms with van der Waals surface area (Å²) in [4.78, 5) is 25.6. The van der Waals surface area contributed by atoms with Crippen LogP contribution in [-0.2, 0) is 11.2 Å². The summed E-state index contributed by atoms with van der Waals surface area (Å²) in [7, 11) is 3.06. The van der Waals surface area contributed by atoms with Gasteiger partial charge in [0.2, 0.25) is 5.91 Å².